The molecule has 56 valence electrons. The van der Waals surface area contributed by atoms with E-state index >= 15 is 0 Å². The lowest BCUT2D eigenvalue weighted by Gasteiger charge is -2.18. The summed E-state index contributed by atoms with van der Waals surface area (Å²) in [6.45, 7) is 1.41. The van der Waals surface area contributed by atoms with E-state index < -0.39 is 5.62 Å². The highest BCUT2D eigenvalue weighted by molar-refractivity contribution is 6.20. The summed E-state index contributed by atoms with van der Waals surface area (Å²) in [6, 6.07) is 0. The van der Waals surface area contributed by atoms with Crippen molar-refractivity contribution < 1.29 is 9.63 Å². The van der Waals surface area contributed by atoms with Crippen LogP contribution in [0.5, 0.6) is 0 Å². The summed E-state index contributed by atoms with van der Waals surface area (Å²) in [7, 11) is 0. The van der Waals surface area contributed by atoms with Crippen LogP contribution in [-0.4, -0.2) is 11.4 Å². The fraction of sp³-hybridized carbons (Fsp3) is 0.400. The zero-order chi connectivity index (χ0) is 7.56. The zero-order valence-corrected chi connectivity index (χ0v) is 6.11. The molecule has 0 aromatic carbocycles. The molecular weight excluding hydrogens is 156 g/mol. The van der Waals surface area contributed by atoms with Gasteiger partial charge in [0.25, 0.3) is 0 Å². The van der Waals surface area contributed by atoms with Crippen molar-refractivity contribution in [3.8, 4) is 0 Å². The van der Waals surface area contributed by atoms with Crippen molar-refractivity contribution in [3.05, 3.63) is 12.0 Å². The molecule has 0 saturated carbocycles. The molecule has 2 N–H and O–H groups in total. The summed E-state index contributed by atoms with van der Waals surface area (Å²) in [6.07, 6.45) is 1.43. The van der Waals surface area contributed by atoms with Crippen molar-refractivity contribution in [2.45, 2.75) is 12.5 Å². The number of carbonyl (C=O) groups excluding carboxylic acids is 1. The van der Waals surface area contributed by atoms with Gasteiger partial charge in [0.2, 0.25) is 5.76 Å². The van der Waals surface area contributed by atoms with Gasteiger partial charge < -0.3 is 10.2 Å². The van der Waals surface area contributed by atoms with Crippen LogP contribution in [0.4, 0.5) is 0 Å². The van der Waals surface area contributed by atoms with Crippen LogP contribution in [-0.2, 0) is 9.63 Å². The van der Waals surface area contributed by atoms with Gasteiger partial charge in [0.15, 0.2) is 11.4 Å². The van der Waals surface area contributed by atoms with E-state index in [2.05, 4.69) is 10.8 Å². The number of nitrogens with one attached hydrogen (secondary N) is 2. The Labute approximate surface area is 63.1 Å². The summed E-state index contributed by atoms with van der Waals surface area (Å²) in [5, 5.41) is 2.66. The first-order valence-electron chi connectivity index (χ1n) is 2.74. The largest absolute Gasteiger partial charge is 0.400 e. The highest BCUT2D eigenvalue weighted by atomic mass is 35.5. The number of carbonyl (C=O) groups is 1. The Morgan fingerprint density at radius 3 is 3.00 bits per heavy atom. The lowest BCUT2D eigenvalue weighted by atomic mass is 10.4. The van der Waals surface area contributed by atoms with Crippen LogP contribution in [0.15, 0.2) is 12.0 Å². The van der Waals surface area contributed by atoms with Crippen LogP contribution in [0, 0.1) is 0 Å². The average Bonchev–Trinajstić information content (AvgIpc) is 1.88. The van der Waals surface area contributed by atoms with Gasteiger partial charge in [0.05, 0.1) is 0 Å². The molecule has 0 amide bonds. The maximum Gasteiger partial charge on any atom is 0.205 e. The standard InChI is InChI=1S/C5H7ClN2O2/c1-3(9)4-2-7-5(6)8-10-4/h2,5,7-8H,1H3. The van der Waals surface area contributed by atoms with Gasteiger partial charge in [-0.25, -0.2) is 0 Å². The Hall–Kier alpha value is -0.740. The quantitative estimate of drug-likeness (QED) is 0.423. The fourth-order valence-electron chi connectivity index (χ4n) is 0.501. The summed E-state index contributed by atoms with van der Waals surface area (Å²) in [5.41, 5.74) is 1.91. The Bertz CT molecular complexity index is 180. The highest BCUT2D eigenvalue weighted by Crippen LogP contribution is 2.02. The molecule has 1 unspecified atom stereocenters. The fourth-order valence-corrected chi connectivity index (χ4v) is 0.609. The third-order valence-electron chi connectivity index (χ3n) is 0.980. The minimum atomic E-state index is -0.469. The lowest BCUT2D eigenvalue weighted by molar-refractivity contribution is -0.119. The Morgan fingerprint density at radius 2 is 2.60 bits per heavy atom. The molecule has 10 heavy (non-hydrogen) atoms. The number of ketones is 1. The van der Waals surface area contributed by atoms with Gasteiger partial charge in [0, 0.05) is 13.1 Å². The molecule has 0 saturated heterocycles. The number of hydroxylamine groups is 1. The number of rotatable bonds is 1. The van der Waals surface area contributed by atoms with Crippen molar-refractivity contribution in [3.63, 3.8) is 0 Å². The molecule has 1 heterocycles. The summed E-state index contributed by atoms with van der Waals surface area (Å²) in [4.78, 5) is 15.3. The third kappa shape index (κ3) is 1.62. The first-order chi connectivity index (χ1) is 4.70. The minimum Gasteiger partial charge on any atom is -0.400 e. The molecule has 0 aromatic rings. The number of allylic oxidation sites excluding steroid dienone is 1. The van der Waals surface area contributed by atoms with Gasteiger partial charge in [-0.3, -0.25) is 4.79 Å². The van der Waals surface area contributed by atoms with Gasteiger partial charge in [-0.15, -0.1) is 5.48 Å². The lowest BCUT2D eigenvalue weighted by Crippen LogP contribution is -2.39. The van der Waals surface area contributed by atoms with Gasteiger partial charge >= 0.3 is 0 Å². The SMILES string of the molecule is CC(=O)C1=CNC(Cl)NO1. The third-order valence-corrected chi connectivity index (χ3v) is 1.20. The van der Waals surface area contributed by atoms with Crippen LogP contribution in [0.3, 0.4) is 0 Å². The van der Waals surface area contributed by atoms with Crippen LogP contribution in [0.2, 0.25) is 0 Å². The molecule has 0 fully saturated rings. The van der Waals surface area contributed by atoms with Crippen molar-refractivity contribution in [2.24, 2.45) is 0 Å². The number of alkyl halides is 1. The van der Waals surface area contributed by atoms with Crippen molar-refractivity contribution in [1.29, 1.82) is 0 Å². The topological polar surface area (TPSA) is 50.4 Å². The monoisotopic (exact) mass is 162 g/mol. The minimum absolute atomic E-state index is 0.149. The van der Waals surface area contributed by atoms with E-state index in [1.165, 1.54) is 13.1 Å². The number of halogens is 1. The predicted molar refractivity (Wildman–Crippen MR) is 35.8 cm³/mol. The van der Waals surface area contributed by atoms with Gasteiger partial charge in [-0.2, -0.15) is 0 Å². The molecule has 0 aliphatic carbocycles. The first-order valence-corrected chi connectivity index (χ1v) is 3.17. The molecule has 1 rings (SSSR count). The Kier molecular flexibility index (Phi) is 2.13. The van der Waals surface area contributed by atoms with E-state index in [9.17, 15) is 4.79 Å². The molecule has 0 radical (unpaired) electrons. The molecular formula is C5H7ClN2O2. The molecule has 0 bridgehead atoms. The van der Waals surface area contributed by atoms with E-state index in [4.69, 9.17) is 16.4 Å². The summed E-state index contributed by atoms with van der Waals surface area (Å²) in [5.74, 6) is 0.0838. The summed E-state index contributed by atoms with van der Waals surface area (Å²) < 4.78 is 0. The second-order valence-electron chi connectivity index (χ2n) is 1.81. The Morgan fingerprint density at radius 1 is 1.90 bits per heavy atom. The van der Waals surface area contributed by atoms with Crippen molar-refractivity contribution in [1.82, 2.24) is 10.8 Å². The number of hydrogen-bond acceptors (Lipinski definition) is 4. The molecule has 1 atom stereocenters. The maximum absolute atomic E-state index is 10.6. The van der Waals surface area contributed by atoms with Crippen molar-refractivity contribution in [2.75, 3.05) is 0 Å². The molecule has 1 aliphatic rings. The summed E-state index contributed by atoms with van der Waals surface area (Å²) >= 11 is 5.48. The highest BCUT2D eigenvalue weighted by Gasteiger charge is 2.13. The average molecular weight is 163 g/mol. The molecule has 4 nitrogen and oxygen atoms in total. The first kappa shape index (κ1) is 7.37. The van der Waals surface area contributed by atoms with Gasteiger partial charge in [-0.1, -0.05) is 11.6 Å². The molecule has 0 spiro atoms. The molecule has 5 heteroatoms. The maximum atomic E-state index is 10.6. The van der Waals surface area contributed by atoms with Crippen LogP contribution in [0.1, 0.15) is 6.92 Å². The number of Topliss-reactive ketones (excluding diaryl/α,β-unsaturated/α-hetero) is 1. The normalized spacial score (nSPS) is 24.2. The van der Waals surface area contributed by atoms with Crippen LogP contribution in [0.25, 0.3) is 0 Å². The molecule has 0 aromatic heterocycles. The number of hydrogen-bond donors (Lipinski definition) is 2. The van der Waals surface area contributed by atoms with E-state index in [0.717, 1.165) is 0 Å². The van der Waals surface area contributed by atoms with Crippen molar-refractivity contribution >= 4 is 17.4 Å². The smallest absolute Gasteiger partial charge is 0.205 e. The van der Waals surface area contributed by atoms with Crippen LogP contribution >= 0.6 is 11.6 Å². The Balaban J connectivity index is 2.56. The second kappa shape index (κ2) is 2.90. The van der Waals surface area contributed by atoms with E-state index in [0.29, 0.717) is 0 Å². The van der Waals surface area contributed by atoms with E-state index in [-0.39, 0.29) is 11.5 Å². The molecule has 1 aliphatic heterocycles. The second-order valence-corrected chi connectivity index (χ2v) is 2.25. The predicted octanol–water partition coefficient (Wildman–Crippen LogP) is 0.0636. The van der Waals surface area contributed by atoms with E-state index in [1.54, 1.807) is 0 Å². The van der Waals surface area contributed by atoms with Gasteiger partial charge in [-0.05, 0) is 0 Å². The zero-order valence-electron chi connectivity index (χ0n) is 5.35. The van der Waals surface area contributed by atoms with Crippen LogP contribution < -0.4 is 10.8 Å². The van der Waals surface area contributed by atoms with E-state index in [1.807, 2.05) is 0 Å². The van der Waals surface area contributed by atoms with Gasteiger partial charge in [0.1, 0.15) is 0 Å².